The van der Waals surface area contributed by atoms with Gasteiger partial charge in [-0.25, -0.2) is 4.79 Å². The summed E-state index contributed by atoms with van der Waals surface area (Å²) in [5.41, 5.74) is 8.21. The summed E-state index contributed by atoms with van der Waals surface area (Å²) in [6, 6.07) is 17.0. The van der Waals surface area contributed by atoms with Gasteiger partial charge in [0.05, 0.1) is 6.42 Å². The Kier molecular flexibility index (Phi) is 6.12. The Hall–Kier alpha value is -2.84. The molecule has 2 unspecified atom stereocenters. The molecule has 34 heavy (non-hydrogen) atoms. The molecule has 0 aromatic heterocycles. The van der Waals surface area contributed by atoms with Gasteiger partial charge >= 0.3 is 6.09 Å². The van der Waals surface area contributed by atoms with Gasteiger partial charge in [0.2, 0.25) is 0 Å². The van der Waals surface area contributed by atoms with Crippen molar-refractivity contribution in [3.63, 3.8) is 0 Å². The maximum atomic E-state index is 13.2. The molecule has 0 saturated carbocycles. The van der Waals surface area contributed by atoms with E-state index in [0.717, 1.165) is 25.7 Å². The summed E-state index contributed by atoms with van der Waals surface area (Å²) in [6.07, 6.45) is 3.53. The number of rotatable bonds is 4. The second kappa shape index (κ2) is 9.07. The van der Waals surface area contributed by atoms with Crippen molar-refractivity contribution < 1.29 is 14.3 Å². The summed E-state index contributed by atoms with van der Waals surface area (Å²) in [4.78, 5) is 27.9. The van der Waals surface area contributed by atoms with Crippen LogP contribution in [-0.4, -0.2) is 43.5 Å². The number of nitrogens with zero attached hydrogens (tertiary/aromatic N) is 1. The third-order valence-corrected chi connectivity index (χ3v) is 8.39. The van der Waals surface area contributed by atoms with E-state index in [1.165, 1.54) is 22.3 Å². The predicted octanol–water partition coefficient (Wildman–Crippen LogP) is 6.02. The third-order valence-electron chi connectivity index (χ3n) is 7.46. The number of amides is 1. The van der Waals surface area contributed by atoms with Crippen LogP contribution < -0.4 is 0 Å². The average molecular weight is 472 g/mol. The highest BCUT2D eigenvalue weighted by molar-refractivity contribution is 6.83. The van der Waals surface area contributed by atoms with Crippen molar-refractivity contribution >= 4 is 20.0 Å². The van der Waals surface area contributed by atoms with Crippen molar-refractivity contribution in [2.75, 3.05) is 6.61 Å². The predicted molar refractivity (Wildman–Crippen MR) is 137 cm³/mol. The van der Waals surface area contributed by atoms with Crippen molar-refractivity contribution in [2.45, 2.75) is 69.7 Å². The highest BCUT2D eigenvalue weighted by Gasteiger charge is 2.45. The number of hydrogen-bond acceptors (Lipinski definition) is 3. The van der Waals surface area contributed by atoms with E-state index in [1.54, 1.807) is 0 Å². The Balaban J connectivity index is 1.22. The lowest BCUT2D eigenvalue weighted by Gasteiger charge is -2.37. The summed E-state index contributed by atoms with van der Waals surface area (Å²) in [7, 11) is -1.46. The molecule has 0 spiro atoms. The van der Waals surface area contributed by atoms with Crippen LogP contribution in [0.3, 0.4) is 0 Å². The Bertz CT molecular complexity index is 1110. The van der Waals surface area contributed by atoms with Crippen LogP contribution in [0.4, 0.5) is 4.79 Å². The van der Waals surface area contributed by atoms with Crippen molar-refractivity contribution in [2.24, 2.45) is 5.92 Å². The normalized spacial score (nSPS) is 23.0. The molecule has 2 aliphatic heterocycles. The maximum absolute atomic E-state index is 13.2. The zero-order chi connectivity index (χ0) is 23.9. The number of piperidine rings is 1. The molecule has 1 amide bonds. The lowest BCUT2D eigenvalue weighted by atomic mass is 9.86. The van der Waals surface area contributed by atoms with Crippen LogP contribution >= 0.6 is 0 Å². The molecular formula is C29H33NO3Si. The molecule has 4 nitrogen and oxygen atoms in total. The molecule has 5 heteroatoms. The summed E-state index contributed by atoms with van der Waals surface area (Å²) >= 11 is 0. The molecular weight excluding hydrogens is 438 g/mol. The Morgan fingerprint density at radius 3 is 2.06 bits per heavy atom. The summed E-state index contributed by atoms with van der Waals surface area (Å²) in [6.45, 7) is 6.92. The molecule has 1 aliphatic carbocycles. The van der Waals surface area contributed by atoms with Crippen molar-refractivity contribution in [3.05, 3.63) is 59.7 Å². The summed E-state index contributed by atoms with van der Waals surface area (Å²) in [5, 5.41) is 0. The van der Waals surface area contributed by atoms with Crippen LogP contribution in [0.2, 0.25) is 19.6 Å². The zero-order valence-corrected chi connectivity index (χ0v) is 21.3. The summed E-state index contributed by atoms with van der Waals surface area (Å²) < 4.78 is 5.94. The third kappa shape index (κ3) is 4.44. The Morgan fingerprint density at radius 2 is 1.50 bits per heavy atom. The number of ketones is 1. The number of carbonyl (C=O) groups is 2. The largest absolute Gasteiger partial charge is 0.448 e. The van der Waals surface area contributed by atoms with Crippen LogP contribution in [0.5, 0.6) is 0 Å². The molecule has 2 bridgehead atoms. The zero-order valence-electron chi connectivity index (χ0n) is 20.3. The number of ether oxygens (including phenoxy) is 1. The first-order valence-corrected chi connectivity index (χ1v) is 16.0. The van der Waals surface area contributed by atoms with Crippen molar-refractivity contribution in [1.82, 2.24) is 4.90 Å². The fraction of sp³-hybridized carbons (Fsp3) is 0.448. The highest BCUT2D eigenvalue weighted by Crippen LogP contribution is 2.45. The molecule has 2 heterocycles. The Labute approximate surface area is 203 Å². The van der Waals surface area contributed by atoms with E-state index in [-0.39, 0.29) is 35.8 Å². The SMILES string of the molecule is C[Si](C)(C)C#CCC(=O)C1CC2CCC(C1)N2C(=O)OCC1c2ccccc2-c2ccccc21. The fourth-order valence-electron chi connectivity index (χ4n) is 5.95. The minimum absolute atomic E-state index is 0.0195. The molecule has 3 aliphatic rings. The van der Waals surface area contributed by atoms with E-state index in [9.17, 15) is 9.59 Å². The van der Waals surface area contributed by atoms with Gasteiger partial charge in [-0.1, -0.05) is 68.2 Å². The van der Waals surface area contributed by atoms with Crippen LogP contribution in [0.25, 0.3) is 11.1 Å². The van der Waals surface area contributed by atoms with Gasteiger partial charge in [-0.15, -0.1) is 11.5 Å². The van der Waals surface area contributed by atoms with Crippen LogP contribution in [0.15, 0.2) is 48.5 Å². The van der Waals surface area contributed by atoms with Gasteiger partial charge in [-0.2, -0.15) is 0 Å². The first-order valence-electron chi connectivity index (χ1n) is 12.5. The first kappa shape index (κ1) is 22.9. The van der Waals surface area contributed by atoms with Gasteiger partial charge in [-0.05, 0) is 47.9 Å². The van der Waals surface area contributed by atoms with E-state index < -0.39 is 8.07 Å². The van der Waals surface area contributed by atoms with Gasteiger partial charge < -0.3 is 9.64 Å². The van der Waals surface area contributed by atoms with E-state index in [0.29, 0.717) is 13.0 Å². The quantitative estimate of drug-likeness (QED) is 0.405. The fourth-order valence-corrected chi connectivity index (χ4v) is 6.57. The number of benzene rings is 2. The number of hydrogen-bond donors (Lipinski definition) is 0. The van der Waals surface area contributed by atoms with E-state index in [1.807, 2.05) is 4.90 Å². The van der Waals surface area contributed by atoms with Gasteiger partial charge in [0.25, 0.3) is 0 Å². The molecule has 2 fully saturated rings. The molecule has 176 valence electrons. The standard InChI is InChI=1S/C29H33NO3Si/c1-34(2,3)16-8-13-28(31)20-17-21-14-15-22(18-20)30(21)29(32)33-19-27-25-11-6-4-9-23(25)24-10-5-7-12-26(24)27/h4-7,9-12,20-22,27H,13-15,17-19H2,1-3H3. The monoisotopic (exact) mass is 471 g/mol. The van der Waals surface area contributed by atoms with Crippen LogP contribution in [0, 0.1) is 17.4 Å². The smallest absolute Gasteiger partial charge is 0.410 e. The second-order valence-corrected chi connectivity index (χ2v) is 15.7. The molecule has 0 radical (unpaired) electrons. The molecule has 2 atom stereocenters. The van der Waals surface area contributed by atoms with Gasteiger partial charge in [0.1, 0.15) is 20.5 Å². The maximum Gasteiger partial charge on any atom is 0.410 e. The number of carbonyl (C=O) groups excluding carboxylic acids is 2. The minimum atomic E-state index is -1.46. The lowest BCUT2D eigenvalue weighted by Crippen LogP contribution is -2.48. The number of Topliss-reactive ketones (excluding diaryl/α,β-unsaturated/α-hetero) is 1. The van der Waals surface area contributed by atoms with E-state index in [2.05, 4.69) is 79.6 Å². The van der Waals surface area contributed by atoms with E-state index >= 15 is 0 Å². The summed E-state index contributed by atoms with van der Waals surface area (Å²) in [5.74, 6) is 3.46. The average Bonchev–Trinajstić information content (AvgIpc) is 3.27. The van der Waals surface area contributed by atoms with Gasteiger partial charge in [0.15, 0.2) is 0 Å². The second-order valence-electron chi connectivity index (χ2n) is 11.0. The van der Waals surface area contributed by atoms with Gasteiger partial charge in [0, 0.05) is 23.9 Å². The molecule has 2 aromatic rings. The Morgan fingerprint density at radius 1 is 0.941 bits per heavy atom. The topological polar surface area (TPSA) is 46.6 Å². The lowest BCUT2D eigenvalue weighted by molar-refractivity contribution is -0.124. The van der Waals surface area contributed by atoms with E-state index in [4.69, 9.17) is 4.74 Å². The highest BCUT2D eigenvalue weighted by atomic mass is 28.3. The molecule has 2 saturated heterocycles. The molecule has 0 N–H and O–H groups in total. The molecule has 5 rings (SSSR count). The minimum Gasteiger partial charge on any atom is -0.448 e. The van der Waals surface area contributed by atoms with Crippen LogP contribution in [0.1, 0.15) is 49.1 Å². The number of fused-ring (bicyclic) bond motifs is 5. The van der Waals surface area contributed by atoms with Crippen molar-refractivity contribution in [3.8, 4) is 22.6 Å². The molecule has 2 aromatic carbocycles. The van der Waals surface area contributed by atoms with Crippen LogP contribution in [-0.2, 0) is 9.53 Å². The van der Waals surface area contributed by atoms with Crippen molar-refractivity contribution in [1.29, 1.82) is 0 Å². The first-order chi connectivity index (χ1) is 16.3. The van der Waals surface area contributed by atoms with Gasteiger partial charge in [-0.3, -0.25) is 4.79 Å².